The van der Waals surface area contributed by atoms with Gasteiger partial charge in [0.1, 0.15) is 11.5 Å². The summed E-state index contributed by atoms with van der Waals surface area (Å²) < 4.78 is 14.2. The molecule has 0 aliphatic carbocycles. The fourth-order valence-electron chi connectivity index (χ4n) is 2.97. The highest BCUT2D eigenvalue weighted by molar-refractivity contribution is 6.04. The number of carbonyl (C=O) groups is 1. The normalized spacial score (nSPS) is 14.3. The van der Waals surface area contributed by atoms with E-state index in [1.807, 2.05) is 37.3 Å². The lowest BCUT2D eigenvalue weighted by Crippen LogP contribution is -2.21. The number of carbonyl (C=O) groups excluding carboxylic acids is 1. The second kappa shape index (κ2) is 7.30. The van der Waals surface area contributed by atoms with Crippen molar-refractivity contribution < 1.29 is 9.18 Å². The Labute approximate surface area is 141 Å². The number of hydrogen-bond acceptors (Lipinski definition) is 2. The van der Waals surface area contributed by atoms with Crippen molar-refractivity contribution in [3.05, 3.63) is 65.5 Å². The number of halogens is 1. The number of aryl methyl sites for hydroxylation is 1. The lowest BCUT2D eigenvalue weighted by molar-refractivity contribution is -0.111. The minimum absolute atomic E-state index is 0.262. The number of hydrogen-bond donors (Lipinski definition) is 1. The van der Waals surface area contributed by atoms with E-state index in [2.05, 4.69) is 10.2 Å². The molecule has 1 N–H and O–H groups in total. The van der Waals surface area contributed by atoms with Gasteiger partial charge in [-0.15, -0.1) is 0 Å². The Morgan fingerprint density at radius 3 is 2.67 bits per heavy atom. The van der Waals surface area contributed by atoms with Crippen molar-refractivity contribution in [3.8, 4) is 0 Å². The smallest absolute Gasteiger partial charge is 0.248 e. The zero-order valence-electron chi connectivity index (χ0n) is 13.8. The van der Waals surface area contributed by atoms with Gasteiger partial charge >= 0.3 is 0 Å². The fraction of sp³-hybridized carbons (Fsp3) is 0.250. The molecule has 1 heterocycles. The fourth-order valence-corrected chi connectivity index (χ4v) is 2.97. The quantitative estimate of drug-likeness (QED) is 0.846. The minimum Gasteiger partial charge on any atom is -0.370 e. The Morgan fingerprint density at radius 2 is 1.92 bits per heavy atom. The van der Waals surface area contributed by atoms with E-state index in [0.717, 1.165) is 42.7 Å². The summed E-state index contributed by atoms with van der Waals surface area (Å²) in [6.07, 6.45) is 5.36. The third kappa shape index (κ3) is 3.82. The molecule has 1 aliphatic heterocycles. The first kappa shape index (κ1) is 16.2. The van der Waals surface area contributed by atoms with E-state index in [0.29, 0.717) is 0 Å². The molecule has 0 aromatic heterocycles. The molecule has 0 radical (unpaired) electrons. The molecule has 2 aromatic carbocycles. The number of benzene rings is 2. The van der Waals surface area contributed by atoms with Gasteiger partial charge in [0, 0.05) is 19.2 Å². The second-order valence-corrected chi connectivity index (χ2v) is 6.06. The van der Waals surface area contributed by atoms with Gasteiger partial charge in [-0.25, -0.2) is 4.39 Å². The van der Waals surface area contributed by atoms with E-state index >= 15 is 0 Å². The summed E-state index contributed by atoms with van der Waals surface area (Å²) >= 11 is 0. The van der Waals surface area contributed by atoms with Crippen LogP contribution >= 0.6 is 0 Å². The third-order valence-electron chi connectivity index (χ3n) is 4.16. The molecule has 24 heavy (non-hydrogen) atoms. The van der Waals surface area contributed by atoms with Crippen molar-refractivity contribution in [1.29, 1.82) is 0 Å². The summed E-state index contributed by atoms with van der Waals surface area (Å²) in [6, 6.07) is 12.8. The highest BCUT2D eigenvalue weighted by Crippen LogP contribution is 2.31. The maximum atomic E-state index is 14.2. The Bertz CT molecular complexity index is 764. The summed E-state index contributed by atoms with van der Waals surface area (Å²) in [5, 5.41) is 2.70. The highest BCUT2D eigenvalue weighted by Gasteiger charge is 2.18. The molecule has 0 bridgehead atoms. The van der Waals surface area contributed by atoms with Crippen LogP contribution in [0.15, 0.2) is 48.5 Å². The van der Waals surface area contributed by atoms with Crippen LogP contribution in [-0.2, 0) is 4.79 Å². The zero-order valence-corrected chi connectivity index (χ0v) is 13.8. The summed E-state index contributed by atoms with van der Waals surface area (Å²) in [7, 11) is 0. The average molecular weight is 324 g/mol. The lowest BCUT2D eigenvalue weighted by atomic mass is 10.1. The maximum Gasteiger partial charge on any atom is 0.248 e. The van der Waals surface area contributed by atoms with Crippen LogP contribution in [0, 0.1) is 12.7 Å². The Kier molecular flexibility index (Phi) is 4.94. The first-order chi connectivity index (χ1) is 11.6. The average Bonchev–Trinajstić information content (AvgIpc) is 3.09. The van der Waals surface area contributed by atoms with E-state index in [9.17, 15) is 9.18 Å². The minimum atomic E-state index is -0.406. The van der Waals surface area contributed by atoms with Crippen molar-refractivity contribution in [1.82, 2.24) is 0 Å². The summed E-state index contributed by atoms with van der Waals surface area (Å²) in [4.78, 5) is 14.3. The van der Waals surface area contributed by atoms with Gasteiger partial charge < -0.3 is 10.2 Å². The van der Waals surface area contributed by atoms with Gasteiger partial charge in [-0.05, 0) is 43.5 Å². The number of amides is 1. The van der Waals surface area contributed by atoms with Crippen LogP contribution in [0.1, 0.15) is 24.0 Å². The van der Waals surface area contributed by atoms with Crippen molar-refractivity contribution in [2.75, 3.05) is 23.3 Å². The SMILES string of the molecule is Cc1cccc(/C=C/C(=O)Nc2c(F)cccc2N2CCCC2)c1. The molecule has 1 fully saturated rings. The molecular weight excluding hydrogens is 303 g/mol. The second-order valence-electron chi connectivity index (χ2n) is 6.06. The molecule has 0 saturated carbocycles. The number of nitrogens with zero attached hydrogens (tertiary/aromatic N) is 1. The number of para-hydroxylation sites is 1. The summed E-state index contributed by atoms with van der Waals surface area (Å²) in [5.41, 5.74) is 3.09. The van der Waals surface area contributed by atoms with Gasteiger partial charge in [0.25, 0.3) is 0 Å². The van der Waals surface area contributed by atoms with Crippen LogP contribution in [0.3, 0.4) is 0 Å². The van der Waals surface area contributed by atoms with Crippen LogP contribution in [0.4, 0.5) is 15.8 Å². The van der Waals surface area contributed by atoms with Crippen molar-refractivity contribution in [2.45, 2.75) is 19.8 Å². The largest absolute Gasteiger partial charge is 0.370 e. The Hall–Kier alpha value is -2.62. The molecule has 1 saturated heterocycles. The molecule has 124 valence electrons. The zero-order chi connectivity index (χ0) is 16.9. The Balaban J connectivity index is 1.76. The van der Waals surface area contributed by atoms with Crippen LogP contribution < -0.4 is 10.2 Å². The van der Waals surface area contributed by atoms with Crippen LogP contribution in [0.5, 0.6) is 0 Å². The van der Waals surface area contributed by atoms with Gasteiger partial charge in [0.15, 0.2) is 0 Å². The van der Waals surface area contributed by atoms with Gasteiger partial charge in [0.2, 0.25) is 5.91 Å². The van der Waals surface area contributed by atoms with E-state index < -0.39 is 5.82 Å². The summed E-state index contributed by atoms with van der Waals surface area (Å²) in [5.74, 6) is -0.737. The van der Waals surface area contributed by atoms with Gasteiger partial charge in [-0.1, -0.05) is 35.9 Å². The molecule has 4 heteroatoms. The third-order valence-corrected chi connectivity index (χ3v) is 4.16. The molecule has 3 rings (SSSR count). The standard InChI is InChI=1S/C20H21FN2O/c1-15-6-4-7-16(14-15)10-11-19(24)22-20-17(21)8-5-9-18(20)23-12-2-3-13-23/h4-11,14H,2-3,12-13H2,1H3,(H,22,24)/b11-10+. The Morgan fingerprint density at radius 1 is 1.17 bits per heavy atom. The lowest BCUT2D eigenvalue weighted by Gasteiger charge is -2.21. The van der Waals surface area contributed by atoms with Crippen molar-refractivity contribution in [2.24, 2.45) is 0 Å². The molecule has 0 atom stereocenters. The molecule has 0 unspecified atom stereocenters. The summed E-state index contributed by atoms with van der Waals surface area (Å²) in [6.45, 7) is 3.79. The van der Waals surface area contributed by atoms with Gasteiger partial charge in [0.05, 0.1) is 5.69 Å². The first-order valence-electron chi connectivity index (χ1n) is 8.23. The molecule has 1 amide bonds. The topological polar surface area (TPSA) is 32.3 Å². The van der Waals surface area contributed by atoms with Crippen molar-refractivity contribution in [3.63, 3.8) is 0 Å². The number of nitrogens with one attached hydrogen (secondary N) is 1. The predicted molar refractivity (Wildman–Crippen MR) is 96.7 cm³/mol. The van der Waals surface area contributed by atoms with Crippen LogP contribution in [0.2, 0.25) is 0 Å². The first-order valence-corrected chi connectivity index (χ1v) is 8.23. The van der Waals surface area contributed by atoms with Crippen LogP contribution in [0.25, 0.3) is 6.08 Å². The molecule has 1 aliphatic rings. The van der Waals surface area contributed by atoms with Crippen LogP contribution in [-0.4, -0.2) is 19.0 Å². The monoisotopic (exact) mass is 324 g/mol. The van der Waals surface area contributed by atoms with E-state index in [1.54, 1.807) is 12.1 Å². The van der Waals surface area contributed by atoms with Crippen molar-refractivity contribution >= 4 is 23.4 Å². The van der Waals surface area contributed by atoms with E-state index in [4.69, 9.17) is 0 Å². The van der Waals surface area contributed by atoms with Gasteiger partial charge in [-0.2, -0.15) is 0 Å². The highest BCUT2D eigenvalue weighted by atomic mass is 19.1. The van der Waals surface area contributed by atoms with E-state index in [-0.39, 0.29) is 11.6 Å². The number of anilines is 2. The molecule has 3 nitrogen and oxygen atoms in total. The van der Waals surface area contributed by atoms with E-state index in [1.165, 1.54) is 12.1 Å². The molecular formula is C20H21FN2O. The molecule has 2 aromatic rings. The predicted octanol–water partition coefficient (Wildman–Crippen LogP) is 4.39. The maximum absolute atomic E-state index is 14.2. The number of rotatable bonds is 4. The molecule has 0 spiro atoms. The van der Waals surface area contributed by atoms with Gasteiger partial charge in [-0.3, -0.25) is 4.79 Å².